The van der Waals surface area contributed by atoms with Gasteiger partial charge in [0.15, 0.2) is 0 Å². The van der Waals surface area contributed by atoms with Crippen LogP contribution in [0.2, 0.25) is 0 Å². The normalized spacial score (nSPS) is 18.1. The van der Waals surface area contributed by atoms with Crippen LogP contribution in [0.15, 0.2) is 41.8 Å². The summed E-state index contributed by atoms with van der Waals surface area (Å²) in [7, 11) is 3.32. The number of carbonyl (C=O) groups is 2. The lowest BCUT2D eigenvalue weighted by molar-refractivity contribution is -0.136. The fraction of sp³-hybridized carbons (Fsp3) is 0.400. The van der Waals surface area contributed by atoms with Gasteiger partial charge < -0.3 is 14.5 Å². The summed E-state index contributed by atoms with van der Waals surface area (Å²) in [6.45, 7) is 1.61. The highest BCUT2D eigenvalue weighted by atomic mass is 32.1. The number of thiophene rings is 1. The molecule has 1 atom stereocenters. The molecule has 1 fully saturated rings. The molecule has 138 valence electrons. The van der Waals surface area contributed by atoms with E-state index < -0.39 is 0 Å². The van der Waals surface area contributed by atoms with Crippen LogP contribution in [0.1, 0.15) is 5.56 Å². The number of benzene rings is 1. The van der Waals surface area contributed by atoms with E-state index in [1.54, 1.807) is 28.2 Å². The molecule has 0 saturated carbocycles. The standard InChI is InChI=1S/C20H24N2O3S/c1-21-9-10-22(19(23)14-25-2)13-17(20(21)24)12-15-5-7-16(8-6-15)18-4-3-11-26-18/h3-8,11,17H,9-10,12-14H2,1-2H3/t17-/m1/s1. The zero-order valence-corrected chi connectivity index (χ0v) is 16.0. The second-order valence-corrected chi connectivity index (χ2v) is 7.56. The molecule has 2 heterocycles. The Kier molecular flexibility index (Phi) is 6.06. The molecule has 1 aromatic heterocycles. The summed E-state index contributed by atoms with van der Waals surface area (Å²) >= 11 is 1.71. The summed E-state index contributed by atoms with van der Waals surface area (Å²) in [5.41, 5.74) is 2.29. The summed E-state index contributed by atoms with van der Waals surface area (Å²) in [5, 5.41) is 2.06. The number of likely N-dealkylation sites (N-methyl/N-ethyl adjacent to an activating group) is 1. The first kappa shape index (κ1) is 18.6. The molecular formula is C20H24N2O3S. The lowest BCUT2D eigenvalue weighted by Gasteiger charge is -2.23. The molecule has 2 amide bonds. The van der Waals surface area contributed by atoms with Crippen molar-refractivity contribution in [3.63, 3.8) is 0 Å². The average Bonchev–Trinajstić information content (AvgIpc) is 3.14. The van der Waals surface area contributed by atoms with Crippen LogP contribution in [-0.4, -0.2) is 62.0 Å². The van der Waals surface area contributed by atoms with E-state index in [1.807, 2.05) is 6.07 Å². The molecule has 0 N–H and O–H groups in total. The van der Waals surface area contributed by atoms with Gasteiger partial charge in [0.2, 0.25) is 11.8 Å². The van der Waals surface area contributed by atoms with Crippen molar-refractivity contribution in [2.45, 2.75) is 6.42 Å². The molecule has 0 bridgehead atoms. The van der Waals surface area contributed by atoms with Gasteiger partial charge in [0, 0.05) is 38.7 Å². The maximum absolute atomic E-state index is 12.7. The van der Waals surface area contributed by atoms with Crippen LogP contribution in [0.25, 0.3) is 10.4 Å². The van der Waals surface area contributed by atoms with Gasteiger partial charge in [0.05, 0.1) is 5.92 Å². The van der Waals surface area contributed by atoms with Gasteiger partial charge in [-0.15, -0.1) is 11.3 Å². The highest BCUT2D eigenvalue weighted by Gasteiger charge is 2.30. The third kappa shape index (κ3) is 4.31. The van der Waals surface area contributed by atoms with Crippen LogP contribution in [0.5, 0.6) is 0 Å². The monoisotopic (exact) mass is 372 g/mol. The van der Waals surface area contributed by atoms with Gasteiger partial charge in [-0.1, -0.05) is 30.3 Å². The maximum atomic E-state index is 12.7. The fourth-order valence-corrected chi connectivity index (χ4v) is 3.99. The molecule has 1 aromatic carbocycles. The number of hydrogen-bond donors (Lipinski definition) is 0. The third-order valence-corrected chi connectivity index (χ3v) is 5.65. The van der Waals surface area contributed by atoms with Crippen LogP contribution in [0, 0.1) is 5.92 Å². The molecule has 2 aromatic rings. The number of amides is 2. The molecule has 1 aliphatic heterocycles. The highest BCUT2D eigenvalue weighted by Crippen LogP contribution is 2.25. The molecule has 0 aliphatic carbocycles. The quantitative estimate of drug-likeness (QED) is 0.810. The molecule has 26 heavy (non-hydrogen) atoms. The van der Waals surface area contributed by atoms with E-state index in [1.165, 1.54) is 17.6 Å². The number of carbonyl (C=O) groups excluding carboxylic acids is 2. The average molecular weight is 372 g/mol. The first-order chi connectivity index (χ1) is 12.6. The van der Waals surface area contributed by atoms with Crippen LogP contribution < -0.4 is 0 Å². The fourth-order valence-electron chi connectivity index (χ4n) is 3.25. The van der Waals surface area contributed by atoms with Gasteiger partial charge in [-0.05, 0) is 29.0 Å². The maximum Gasteiger partial charge on any atom is 0.248 e. The van der Waals surface area contributed by atoms with Crippen molar-refractivity contribution in [2.75, 3.05) is 40.4 Å². The van der Waals surface area contributed by atoms with Crippen molar-refractivity contribution in [2.24, 2.45) is 5.92 Å². The number of ether oxygens (including phenoxy) is 1. The molecular weight excluding hydrogens is 348 g/mol. The van der Waals surface area contributed by atoms with Crippen molar-refractivity contribution in [3.05, 3.63) is 47.3 Å². The summed E-state index contributed by atoms with van der Waals surface area (Å²) in [6.07, 6.45) is 0.630. The Hall–Kier alpha value is -2.18. The summed E-state index contributed by atoms with van der Waals surface area (Å²) in [6, 6.07) is 12.5. The number of rotatable bonds is 5. The minimum Gasteiger partial charge on any atom is -0.375 e. The Morgan fingerprint density at radius 2 is 2.00 bits per heavy atom. The SMILES string of the molecule is COCC(=O)N1CCN(C)C(=O)[C@H](Cc2ccc(-c3cccs3)cc2)C1. The van der Waals surface area contributed by atoms with E-state index in [0.29, 0.717) is 26.1 Å². The van der Waals surface area contributed by atoms with Crippen LogP contribution >= 0.6 is 11.3 Å². The third-order valence-electron chi connectivity index (χ3n) is 4.73. The second-order valence-electron chi connectivity index (χ2n) is 6.61. The van der Waals surface area contributed by atoms with E-state index in [0.717, 1.165) is 5.56 Å². The van der Waals surface area contributed by atoms with Crippen molar-refractivity contribution < 1.29 is 14.3 Å². The van der Waals surface area contributed by atoms with Gasteiger partial charge in [-0.3, -0.25) is 9.59 Å². The lowest BCUT2D eigenvalue weighted by Crippen LogP contribution is -2.39. The van der Waals surface area contributed by atoms with Crippen molar-refractivity contribution in [1.82, 2.24) is 9.80 Å². The Morgan fingerprint density at radius 3 is 2.65 bits per heavy atom. The Balaban J connectivity index is 1.73. The number of hydrogen-bond acceptors (Lipinski definition) is 4. The Labute approximate surface area is 158 Å². The summed E-state index contributed by atoms with van der Waals surface area (Å²) in [5.74, 6) is -0.190. The first-order valence-corrected chi connectivity index (χ1v) is 9.61. The Morgan fingerprint density at radius 1 is 1.23 bits per heavy atom. The molecule has 3 rings (SSSR count). The van der Waals surface area contributed by atoms with E-state index in [-0.39, 0.29) is 24.3 Å². The summed E-state index contributed by atoms with van der Waals surface area (Å²) < 4.78 is 4.96. The van der Waals surface area contributed by atoms with Crippen LogP contribution in [-0.2, 0) is 20.7 Å². The highest BCUT2D eigenvalue weighted by molar-refractivity contribution is 7.13. The molecule has 0 radical (unpaired) electrons. The van der Waals surface area contributed by atoms with Crippen LogP contribution in [0.4, 0.5) is 0 Å². The first-order valence-electron chi connectivity index (χ1n) is 8.73. The molecule has 6 heteroatoms. The van der Waals surface area contributed by atoms with Gasteiger partial charge in [0.25, 0.3) is 0 Å². The van der Waals surface area contributed by atoms with E-state index in [9.17, 15) is 9.59 Å². The van der Waals surface area contributed by atoms with E-state index in [2.05, 4.69) is 35.7 Å². The van der Waals surface area contributed by atoms with Crippen molar-refractivity contribution in [3.8, 4) is 10.4 Å². The Bertz CT molecular complexity index is 743. The van der Waals surface area contributed by atoms with Gasteiger partial charge in [-0.2, -0.15) is 0 Å². The molecule has 0 unspecified atom stereocenters. The van der Waals surface area contributed by atoms with Crippen molar-refractivity contribution in [1.29, 1.82) is 0 Å². The minimum absolute atomic E-state index is 0.0557. The van der Waals surface area contributed by atoms with E-state index >= 15 is 0 Å². The topological polar surface area (TPSA) is 49.9 Å². The number of nitrogens with zero attached hydrogens (tertiary/aromatic N) is 2. The van der Waals surface area contributed by atoms with Gasteiger partial charge in [-0.25, -0.2) is 0 Å². The minimum atomic E-state index is -0.226. The lowest BCUT2D eigenvalue weighted by atomic mass is 9.96. The molecule has 1 saturated heterocycles. The molecule has 5 nitrogen and oxygen atoms in total. The molecule has 0 spiro atoms. The predicted molar refractivity (Wildman–Crippen MR) is 103 cm³/mol. The summed E-state index contributed by atoms with van der Waals surface area (Å²) in [4.78, 5) is 29.6. The predicted octanol–water partition coefficient (Wildman–Crippen LogP) is 2.52. The second kappa shape index (κ2) is 8.47. The van der Waals surface area contributed by atoms with Crippen molar-refractivity contribution >= 4 is 23.2 Å². The van der Waals surface area contributed by atoms with Gasteiger partial charge in [0.1, 0.15) is 6.61 Å². The zero-order chi connectivity index (χ0) is 18.5. The zero-order valence-electron chi connectivity index (χ0n) is 15.2. The largest absolute Gasteiger partial charge is 0.375 e. The molecule has 1 aliphatic rings. The smallest absolute Gasteiger partial charge is 0.248 e. The van der Waals surface area contributed by atoms with Crippen LogP contribution in [0.3, 0.4) is 0 Å². The van der Waals surface area contributed by atoms with E-state index in [4.69, 9.17) is 4.74 Å². The van der Waals surface area contributed by atoms with Gasteiger partial charge >= 0.3 is 0 Å². The number of methoxy groups -OCH3 is 1.